The number of carbonyl (C=O) groups excluding carboxylic acids is 1. The largest absolute Gasteiger partial charge is 0.398 e. The van der Waals surface area contributed by atoms with E-state index in [0.29, 0.717) is 16.3 Å². The Morgan fingerprint density at radius 3 is 2.72 bits per heavy atom. The summed E-state index contributed by atoms with van der Waals surface area (Å²) in [6, 6.07) is 5.02. The number of rotatable bonds is 5. The van der Waals surface area contributed by atoms with Gasteiger partial charge in [-0.1, -0.05) is 11.6 Å². The van der Waals surface area contributed by atoms with Crippen LogP contribution in [0.25, 0.3) is 0 Å². The van der Waals surface area contributed by atoms with Crippen LogP contribution in [0.15, 0.2) is 18.2 Å². The molecule has 0 fully saturated rings. The fourth-order valence-electron chi connectivity index (χ4n) is 1.52. The number of nitrogens with zero attached hydrogens (tertiary/aromatic N) is 1. The van der Waals surface area contributed by atoms with Crippen LogP contribution in [0.1, 0.15) is 23.7 Å². The summed E-state index contributed by atoms with van der Waals surface area (Å²) in [5.74, 6) is -0.121. The lowest BCUT2D eigenvalue weighted by Crippen LogP contribution is -2.34. The highest BCUT2D eigenvalue weighted by Crippen LogP contribution is 2.19. The maximum atomic E-state index is 11.9. The second kappa shape index (κ2) is 6.61. The standard InChI is InChI=1S/C13H20ClN3O/c1-9(6-7-17(2)3)16-13(18)10-4-5-11(14)12(15)8-10/h4-5,8-9H,6-7,15H2,1-3H3,(H,16,18). The smallest absolute Gasteiger partial charge is 0.251 e. The molecule has 4 nitrogen and oxygen atoms in total. The van der Waals surface area contributed by atoms with Crippen molar-refractivity contribution >= 4 is 23.2 Å². The molecule has 0 aliphatic carbocycles. The molecule has 1 aromatic rings. The average molecular weight is 270 g/mol. The zero-order chi connectivity index (χ0) is 13.7. The van der Waals surface area contributed by atoms with Crippen LogP contribution in [0.4, 0.5) is 5.69 Å². The number of halogens is 1. The third-order valence-electron chi connectivity index (χ3n) is 2.65. The molecule has 1 unspecified atom stereocenters. The van der Waals surface area contributed by atoms with E-state index in [4.69, 9.17) is 17.3 Å². The number of nitrogens with two attached hydrogens (primary N) is 1. The molecule has 0 bridgehead atoms. The molecule has 18 heavy (non-hydrogen) atoms. The molecule has 0 heterocycles. The van der Waals surface area contributed by atoms with E-state index in [2.05, 4.69) is 10.2 Å². The van der Waals surface area contributed by atoms with Crippen LogP contribution >= 0.6 is 11.6 Å². The van der Waals surface area contributed by atoms with Crippen molar-refractivity contribution in [2.24, 2.45) is 0 Å². The molecular weight excluding hydrogens is 250 g/mol. The molecule has 0 radical (unpaired) electrons. The van der Waals surface area contributed by atoms with Gasteiger partial charge in [0.05, 0.1) is 10.7 Å². The minimum Gasteiger partial charge on any atom is -0.398 e. The maximum Gasteiger partial charge on any atom is 0.251 e. The molecule has 0 saturated heterocycles. The van der Waals surface area contributed by atoms with Gasteiger partial charge in [0.25, 0.3) is 5.91 Å². The van der Waals surface area contributed by atoms with E-state index < -0.39 is 0 Å². The van der Waals surface area contributed by atoms with Crippen molar-refractivity contribution in [3.05, 3.63) is 28.8 Å². The van der Waals surface area contributed by atoms with E-state index in [0.717, 1.165) is 13.0 Å². The van der Waals surface area contributed by atoms with E-state index in [1.165, 1.54) is 0 Å². The minimum absolute atomic E-state index is 0.121. The first-order valence-electron chi connectivity index (χ1n) is 5.90. The van der Waals surface area contributed by atoms with Crippen LogP contribution in [-0.2, 0) is 0 Å². The molecule has 5 heteroatoms. The number of nitrogen functional groups attached to an aromatic ring is 1. The highest BCUT2D eigenvalue weighted by atomic mass is 35.5. The first-order valence-corrected chi connectivity index (χ1v) is 6.28. The molecule has 0 saturated carbocycles. The molecule has 1 atom stereocenters. The Morgan fingerprint density at radius 1 is 1.50 bits per heavy atom. The van der Waals surface area contributed by atoms with Gasteiger partial charge in [-0.05, 0) is 52.2 Å². The van der Waals surface area contributed by atoms with Crippen LogP contribution in [0, 0.1) is 0 Å². The fraction of sp³-hybridized carbons (Fsp3) is 0.462. The Bertz CT molecular complexity index is 421. The van der Waals surface area contributed by atoms with Gasteiger partial charge in [0.15, 0.2) is 0 Å². The Morgan fingerprint density at radius 2 is 2.17 bits per heavy atom. The molecule has 100 valence electrons. The van der Waals surface area contributed by atoms with Gasteiger partial charge in [0.1, 0.15) is 0 Å². The topological polar surface area (TPSA) is 58.4 Å². The van der Waals surface area contributed by atoms with Crippen molar-refractivity contribution in [1.29, 1.82) is 0 Å². The number of nitrogens with one attached hydrogen (secondary N) is 1. The number of hydrogen-bond acceptors (Lipinski definition) is 3. The molecule has 1 aromatic carbocycles. The monoisotopic (exact) mass is 269 g/mol. The van der Waals surface area contributed by atoms with Crippen molar-refractivity contribution in [2.75, 3.05) is 26.4 Å². The van der Waals surface area contributed by atoms with E-state index in [1.807, 2.05) is 21.0 Å². The summed E-state index contributed by atoms with van der Waals surface area (Å²) >= 11 is 5.81. The summed E-state index contributed by atoms with van der Waals surface area (Å²) in [4.78, 5) is 14.0. The summed E-state index contributed by atoms with van der Waals surface area (Å²) in [6.45, 7) is 2.92. The van der Waals surface area contributed by atoms with Gasteiger partial charge in [-0.2, -0.15) is 0 Å². The van der Waals surface area contributed by atoms with E-state index in [-0.39, 0.29) is 11.9 Å². The van der Waals surface area contributed by atoms with Gasteiger partial charge < -0.3 is 16.0 Å². The molecule has 0 aromatic heterocycles. The predicted octanol–water partition coefficient (Wildman–Crippen LogP) is 1.99. The first kappa shape index (κ1) is 14.8. The van der Waals surface area contributed by atoms with Crippen molar-refractivity contribution in [3.8, 4) is 0 Å². The summed E-state index contributed by atoms with van der Waals surface area (Å²) < 4.78 is 0. The number of hydrogen-bond donors (Lipinski definition) is 2. The van der Waals surface area contributed by atoms with Crippen molar-refractivity contribution < 1.29 is 4.79 Å². The zero-order valence-electron chi connectivity index (χ0n) is 11.0. The molecule has 1 amide bonds. The van der Waals surface area contributed by atoms with E-state index >= 15 is 0 Å². The first-order chi connectivity index (χ1) is 8.40. The van der Waals surface area contributed by atoms with Gasteiger partial charge in [-0.15, -0.1) is 0 Å². The van der Waals surface area contributed by atoms with Crippen LogP contribution in [0.5, 0.6) is 0 Å². The van der Waals surface area contributed by atoms with Gasteiger partial charge in [-0.3, -0.25) is 4.79 Å². The lowest BCUT2D eigenvalue weighted by atomic mass is 10.1. The van der Waals surface area contributed by atoms with Gasteiger partial charge >= 0.3 is 0 Å². The third-order valence-corrected chi connectivity index (χ3v) is 2.99. The van der Waals surface area contributed by atoms with Crippen molar-refractivity contribution in [1.82, 2.24) is 10.2 Å². The van der Waals surface area contributed by atoms with E-state index in [9.17, 15) is 4.79 Å². The molecular formula is C13H20ClN3O. The Labute approximate surface area is 113 Å². The molecule has 3 N–H and O–H groups in total. The maximum absolute atomic E-state index is 11.9. The van der Waals surface area contributed by atoms with Crippen LogP contribution < -0.4 is 11.1 Å². The highest BCUT2D eigenvalue weighted by molar-refractivity contribution is 6.33. The predicted molar refractivity (Wildman–Crippen MR) is 76.0 cm³/mol. The summed E-state index contributed by atoms with van der Waals surface area (Å²) in [7, 11) is 4.02. The van der Waals surface area contributed by atoms with E-state index in [1.54, 1.807) is 18.2 Å². The van der Waals surface area contributed by atoms with Crippen molar-refractivity contribution in [3.63, 3.8) is 0 Å². The van der Waals surface area contributed by atoms with Crippen LogP contribution in [0.3, 0.4) is 0 Å². The quantitative estimate of drug-likeness (QED) is 0.804. The summed E-state index contributed by atoms with van der Waals surface area (Å²) in [5, 5.41) is 3.40. The van der Waals surface area contributed by atoms with Crippen LogP contribution in [0.2, 0.25) is 5.02 Å². The second-order valence-corrected chi connectivity index (χ2v) is 5.11. The Kier molecular flexibility index (Phi) is 5.44. The van der Waals surface area contributed by atoms with Gasteiger partial charge in [0, 0.05) is 11.6 Å². The fourth-order valence-corrected chi connectivity index (χ4v) is 1.63. The Balaban J connectivity index is 2.56. The zero-order valence-corrected chi connectivity index (χ0v) is 11.8. The molecule has 1 rings (SSSR count). The lowest BCUT2D eigenvalue weighted by molar-refractivity contribution is 0.0937. The normalized spacial score (nSPS) is 12.5. The number of benzene rings is 1. The Hall–Kier alpha value is -1.26. The SMILES string of the molecule is CC(CCN(C)C)NC(=O)c1ccc(Cl)c(N)c1. The average Bonchev–Trinajstić information content (AvgIpc) is 2.30. The summed E-state index contributed by atoms with van der Waals surface area (Å²) in [5.41, 5.74) is 6.63. The van der Waals surface area contributed by atoms with Crippen LogP contribution in [-0.4, -0.2) is 37.5 Å². The second-order valence-electron chi connectivity index (χ2n) is 4.70. The van der Waals surface area contributed by atoms with Gasteiger partial charge in [0.2, 0.25) is 0 Å². The summed E-state index contributed by atoms with van der Waals surface area (Å²) in [6.07, 6.45) is 0.905. The number of anilines is 1. The van der Waals surface area contributed by atoms with Crippen molar-refractivity contribution in [2.45, 2.75) is 19.4 Å². The minimum atomic E-state index is -0.121. The molecule has 0 aliphatic heterocycles. The number of amides is 1. The van der Waals surface area contributed by atoms with Gasteiger partial charge in [-0.25, -0.2) is 0 Å². The highest BCUT2D eigenvalue weighted by Gasteiger charge is 2.11. The molecule has 0 spiro atoms. The lowest BCUT2D eigenvalue weighted by Gasteiger charge is -2.16. The third kappa shape index (κ3) is 4.55. The molecule has 0 aliphatic rings. The number of carbonyl (C=O) groups is 1.